The van der Waals surface area contributed by atoms with Gasteiger partial charge >= 0.3 is 0 Å². The van der Waals surface area contributed by atoms with E-state index in [2.05, 4.69) is 0 Å². The van der Waals surface area contributed by atoms with Crippen molar-refractivity contribution >= 4 is 11.4 Å². The molecule has 0 saturated heterocycles. The van der Waals surface area contributed by atoms with Crippen molar-refractivity contribution < 1.29 is 13.2 Å². The van der Waals surface area contributed by atoms with Gasteiger partial charge in [-0.25, -0.2) is 13.2 Å². The third kappa shape index (κ3) is 2.63. The van der Waals surface area contributed by atoms with E-state index in [0.717, 1.165) is 0 Å². The van der Waals surface area contributed by atoms with Gasteiger partial charge in [-0.1, -0.05) is 6.07 Å². The summed E-state index contributed by atoms with van der Waals surface area (Å²) in [6, 6.07) is 8.54. The molecule has 0 spiro atoms. The Morgan fingerprint density at radius 2 is 1.60 bits per heavy atom. The van der Waals surface area contributed by atoms with Crippen LogP contribution in [0.1, 0.15) is 12.5 Å². The van der Waals surface area contributed by atoms with Gasteiger partial charge in [-0.15, -0.1) is 0 Å². The fourth-order valence-electron chi connectivity index (χ4n) is 2.06. The van der Waals surface area contributed by atoms with Gasteiger partial charge < -0.3 is 10.6 Å². The molecule has 0 bridgehead atoms. The van der Waals surface area contributed by atoms with Gasteiger partial charge in [-0.2, -0.15) is 0 Å². The number of nitrogens with two attached hydrogens (primary N) is 1. The number of rotatable bonds is 4. The van der Waals surface area contributed by atoms with Crippen LogP contribution >= 0.6 is 0 Å². The summed E-state index contributed by atoms with van der Waals surface area (Å²) < 4.78 is 40.8. The Kier molecular flexibility index (Phi) is 4.29. The highest BCUT2D eigenvalue weighted by molar-refractivity contribution is 5.64. The Morgan fingerprint density at radius 3 is 2.15 bits per heavy atom. The first-order valence-electron chi connectivity index (χ1n) is 6.28. The number of hydrogen-bond acceptors (Lipinski definition) is 2. The molecule has 0 radical (unpaired) electrons. The molecule has 2 aromatic rings. The minimum Gasteiger partial charge on any atom is -0.339 e. The smallest absolute Gasteiger partial charge is 0.182 e. The summed E-state index contributed by atoms with van der Waals surface area (Å²) >= 11 is 0. The van der Waals surface area contributed by atoms with E-state index in [1.54, 1.807) is 11.8 Å². The van der Waals surface area contributed by atoms with Crippen LogP contribution in [0.2, 0.25) is 0 Å². The van der Waals surface area contributed by atoms with Gasteiger partial charge in [0.1, 0.15) is 5.82 Å². The SMILES string of the molecule is CCN(c1ccc(F)cc1)c1ccc(CN)c(F)c1F. The van der Waals surface area contributed by atoms with E-state index < -0.39 is 11.6 Å². The first kappa shape index (κ1) is 14.4. The molecule has 0 aliphatic rings. The second-order valence-corrected chi connectivity index (χ2v) is 4.30. The number of hydrogen-bond donors (Lipinski definition) is 1. The molecule has 106 valence electrons. The van der Waals surface area contributed by atoms with E-state index in [9.17, 15) is 13.2 Å². The molecule has 0 heterocycles. The molecule has 0 aromatic heterocycles. The molecule has 0 atom stereocenters. The monoisotopic (exact) mass is 280 g/mol. The average Bonchev–Trinajstić information content (AvgIpc) is 2.46. The molecule has 0 aliphatic carbocycles. The molecule has 20 heavy (non-hydrogen) atoms. The molecule has 0 aliphatic heterocycles. The Balaban J connectivity index is 2.47. The van der Waals surface area contributed by atoms with Gasteiger partial charge in [0.05, 0.1) is 5.69 Å². The number of benzene rings is 2. The van der Waals surface area contributed by atoms with Crippen molar-refractivity contribution in [3.8, 4) is 0 Å². The zero-order valence-electron chi connectivity index (χ0n) is 11.0. The van der Waals surface area contributed by atoms with Crippen LogP contribution in [-0.2, 0) is 6.54 Å². The Hall–Kier alpha value is -2.01. The fourth-order valence-corrected chi connectivity index (χ4v) is 2.06. The van der Waals surface area contributed by atoms with Gasteiger partial charge in [0, 0.05) is 24.3 Å². The molecule has 2 rings (SSSR count). The Bertz CT molecular complexity index is 597. The topological polar surface area (TPSA) is 29.3 Å². The highest BCUT2D eigenvalue weighted by Gasteiger charge is 2.17. The van der Waals surface area contributed by atoms with E-state index in [1.165, 1.54) is 36.4 Å². The van der Waals surface area contributed by atoms with E-state index in [0.29, 0.717) is 12.2 Å². The predicted octanol–water partition coefficient (Wildman–Crippen LogP) is 3.72. The van der Waals surface area contributed by atoms with Gasteiger partial charge in [0.25, 0.3) is 0 Å². The molecule has 0 amide bonds. The quantitative estimate of drug-likeness (QED) is 0.924. The third-order valence-corrected chi connectivity index (χ3v) is 3.11. The number of halogens is 3. The van der Waals surface area contributed by atoms with Crippen LogP contribution in [0.15, 0.2) is 36.4 Å². The minimum atomic E-state index is -0.945. The predicted molar refractivity (Wildman–Crippen MR) is 73.3 cm³/mol. The normalized spacial score (nSPS) is 10.7. The molecule has 2 N–H and O–H groups in total. The van der Waals surface area contributed by atoms with E-state index >= 15 is 0 Å². The molecule has 2 aromatic carbocycles. The van der Waals surface area contributed by atoms with Crippen molar-refractivity contribution in [3.63, 3.8) is 0 Å². The summed E-state index contributed by atoms with van der Waals surface area (Å²) in [5.74, 6) is -2.26. The van der Waals surface area contributed by atoms with Gasteiger partial charge in [0.15, 0.2) is 11.6 Å². The summed E-state index contributed by atoms with van der Waals surface area (Å²) in [5, 5.41) is 0. The summed E-state index contributed by atoms with van der Waals surface area (Å²) in [6.45, 7) is 2.16. The van der Waals surface area contributed by atoms with Crippen LogP contribution in [0.5, 0.6) is 0 Å². The van der Waals surface area contributed by atoms with Gasteiger partial charge in [-0.3, -0.25) is 0 Å². The summed E-state index contributed by atoms with van der Waals surface area (Å²) in [5.41, 5.74) is 6.17. The van der Waals surface area contributed by atoms with Crippen LogP contribution in [0.4, 0.5) is 24.5 Å². The van der Waals surface area contributed by atoms with Crippen molar-refractivity contribution in [2.45, 2.75) is 13.5 Å². The largest absolute Gasteiger partial charge is 0.339 e. The molecular weight excluding hydrogens is 265 g/mol. The first-order chi connectivity index (χ1) is 9.58. The van der Waals surface area contributed by atoms with Crippen LogP contribution in [0, 0.1) is 17.5 Å². The Labute approximate surface area is 115 Å². The van der Waals surface area contributed by atoms with Crippen molar-refractivity contribution in [1.29, 1.82) is 0 Å². The van der Waals surface area contributed by atoms with E-state index in [4.69, 9.17) is 5.73 Å². The van der Waals surface area contributed by atoms with E-state index in [-0.39, 0.29) is 23.6 Å². The standard InChI is InChI=1S/C15H15F3N2/c1-2-20(12-6-4-11(16)5-7-12)13-8-3-10(9-19)14(17)15(13)18/h3-8H,2,9,19H2,1H3. The lowest BCUT2D eigenvalue weighted by Gasteiger charge is -2.24. The summed E-state index contributed by atoms with van der Waals surface area (Å²) in [7, 11) is 0. The minimum absolute atomic E-state index is 0.0638. The maximum Gasteiger partial charge on any atom is 0.182 e. The van der Waals surface area contributed by atoms with Crippen LogP contribution < -0.4 is 10.6 Å². The zero-order valence-corrected chi connectivity index (χ0v) is 11.0. The summed E-state index contributed by atoms with van der Waals surface area (Å²) in [4.78, 5) is 1.57. The highest BCUT2D eigenvalue weighted by atomic mass is 19.2. The molecule has 0 unspecified atom stereocenters. The first-order valence-corrected chi connectivity index (χ1v) is 6.28. The lowest BCUT2D eigenvalue weighted by molar-refractivity contribution is 0.499. The zero-order chi connectivity index (χ0) is 14.7. The van der Waals surface area contributed by atoms with Crippen molar-refractivity contribution in [2.24, 2.45) is 5.73 Å². The average molecular weight is 280 g/mol. The van der Waals surface area contributed by atoms with E-state index in [1.807, 2.05) is 0 Å². The number of nitrogens with zero attached hydrogens (tertiary/aromatic N) is 1. The number of anilines is 2. The van der Waals surface area contributed by atoms with Crippen molar-refractivity contribution in [1.82, 2.24) is 0 Å². The lowest BCUT2D eigenvalue weighted by Crippen LogP contribution is -2.18. The van der Waals surface area contributed by atoms with Crippen molar-refractivity contribution in [2.75, 3.05) is 11.4 Å². The summed E-state index contributed by atoms with van der Waals surface area (Å²) in [6.07, 6.45) is 0. The fraction of sp³-hybridized carbons (Fsp3) is 0.200. The van der Waals surface area contributed by atoms with Crippen molar-refractivity contribution in [3.05, 3.63) is 59.4 Å². The maximum absolute atomic E-state index is 14.1. The maximum atomic E-state index is 14.1. The highest BCUT2D eigenvalue weighted by Crippen LogP contribution is 2.30. The van der Waals surface area contributed by atoms with Crippen LogP contribution in [-0.4, -0.2) is 6.54 Å². The molecule has 2 nitrogen and oxygen atoms in total. The Morgan fingerprint density at radius 1 is 0.950 bits per heavy atom. The molecule has 0 fully saturated rings. The second-order valence-electron chi connectivity index (χ2n) is 4.30. The van der Waals surface area contributed by atoms with Crippen LogP contribution in [0.25, 0.3) is 0 Å². The molecule has 0 saturated carbocycles. The molecular formula is C15H15F3N2. The van der Waals surface area contributed by atoms with Crippen LogP contribution in [0.3, 0.4) is 0 Å². The van der Waals surface area contributed by atoms with Gasteiger partial charge in [0.2, 0.25) is 0 Å². The lowest BCUT2D eigenvalue weighted by atomic mass is 10.1. The molecule has 5 heteroatoms. The third-order valence-electron chi connectivity index (χ3n) is 3.11. The van der Waals surface area contributed by atoms with Gasteiger partial charge in [-0.05, 0) is 37.3 Å². The second kappa shape index (κ2) is 5.96.